The first-order valence-corrected chi connectivity index (χ1v) is 7.01. The van der Waals surface area contributed by atoms with Crippen LogP contribution in [-0.2, 0) is 0 Å². The lowest BCUT2D eigenvalue weighted by Crippen LogP contribution is -2.08. The van der Waals surface area contributed by atoms with Gasteiger partial charge >= 0.3 is 0 Å². The minimum atomic E-state index is 0.534. The van der Waals surface area contributed by atoms with Crippen LogP contribution >= 0.6 is 11.8 Å². The van der Waals surface area contributed by atoms with Gasteiger partial charge in [-0.05, 0) is 42.7 Å². The van der Waals surface area contributed by atoms with Crippen LogP contribution in [0.1, 0.15) is 44.6 Å². The molecule has 2 N–H and O–H groups in total. The van der Waals surface area contributed by atoms with Crippen molar-refractivity contribution in [2.45, 2.75) is 49.7 Å². The molecule has 0 bridgehead atoms. The second-order valence-corrected chi connectivity index (χ2v) is 5.25. The highest BCUT2D eigenvalue weighted by molar-refractivity contribution is 7.99. The molecule has 1 aliphatic rings. The topological polar surface area (TPSA) is 69.6 Å². The number of tetrazole rings is 1. The average Bonchev–Trinajstić information content (AvgIpc) is 2.94. The molecule has 0 saturated heterocycles. The number of thioether (sulfide) groups is 1. The molecule has 1 aromatic heterocycles. The van der Waals surface area contributed by atoms with E-state index in [2.05, 4.69) is 15.5 Å². The van der Waals surface area contributed by atoms with Gasteiger partial charge in [-0.3, -0.25) is 0 Å². The van der Waals surface area contributed by atoms with E-state index in [1.54, 1.807) is 11.8 Å². The fourth-order valence-electron chi connectivity index (χ4n) is 2.07. The summed E-state index contributed by atoms with van der Waals surface area (Å²) in [4.78, 5) is 0. The first-order valence-electron chi connectivity index (χ1n) is 6.02. The van der Waals surface area contributed by atoms with Crippen molar-refractivity contribution in [1.82, 2.24) is 20.2 Å². The summed E-state index contributed by atoms with van der Waals surface area (Å²) < 4.78 is 2.01. The summed E-state index contributed by atoms with van der Waals surface area (Å²) in [6, 6.07) is 0.534. The monoisotopic (exact) mass is 241 g/mol. The third-order valence-electron chi connectivity index (χ3n) is 2.96. The average molecular weight is 241 g/mol. The molecule has 1 fully saturated rings. The van der Waals surface area contributed by atoms with Crippen LogP contribution in [0.4, 0.5) is 0 Å². The van der Waals surface area contributed by atoms with Gasteiger partial charge in [-0.1, -0.05) is 24.6 Å². The summed E-state index contributed by atoms with van der Waals surface area (Å²) in [5, 5.41) is 13.0. The van der Waals surface area contributed by atoms with Gasteiger partial charge in [0.15, 0.2) is 0 Å². The lowest BCUT2D eigenvalue weighted by Gasteiger charge is -2.10. The van der Waals surface area contributed by atoms with E-state index in [-0.39, 0.29) is 0 Å². The SMILES string of the molecule is NCCCCSc1nnnn1C1CCCC1. The Kier molecular flexibility index (Phi) is 4.59. The van der Waals surface area contributed by atoms with Crippen molar-refractivity contribution in [3.63, 3.8) is 0 Å². The van der Waals surface area contributed by atoms with Crippen LogP contribution in [0.3, 0.4) is 0 Å². The maximum absolute atomic E-state index is 5.46. The fourth-order valence-corrected chi connectivity index (χ4v) is 3.01. The van der Waals surface area contributed by atoms with Gasteiger partial charge in [-0.15, -0.1) is 5.10 Å². The molecular formula is C10H19N5S. The molecule has 0 atom stereocenters. The molecule has 90 valence electrons. The first-order chi connectivity index (χ1) is 7.92. The van der Waals surface area contributed by atoms with Crippen LogP contribution in [0.15, 0.2) is 5.16 Å². The molecule has 2 rings (SSSR count). The Hall–Kier alpha value is -0.620. The summed E-state index contributed by atoms with van der Waals surface area (Å²) >= 11 is 1.75. The predicted molar refractivity (Wildman–Crippen MR) is 64.3 cm³/mol. The van der Waals surface area contributed by atoms with Crippen LogP contribution in [0, 0.1) is 0 Å². The van der Waals surface area contributed by atoms with Crippen molar-refractivity contribution >= 4 is 11.8 Å². The third-order valence-corrected chi connectivity index (χ3v) is 3.98. The molecule has 0 spiro atoms. The van der Waals surface area contributed by atoms with Gasteiger partial charge in [-0.2, -0.15) is 0 Å². The number of nitrogens with zero attached hydrogens (tertiary/aromatic N) is 4. The lowest BCUT2D eigenvalue weighted by atomic mass is 10.3. The smallest absolute Gasteiger partial charge is 0.209 e. The summed E-state index contributed by atoms with van der Waals surface area (Å²) in [6.07, 6.45) is 7.28. The van der Waals surface area contributed by atoms with Crippen LogP contribution in [0.5, 0.6) is 0 Å². The molecule has 0 unspecified atom stereocenters. The van der Waals surface area contributed by atoms with Crippen molar-refractivity contribution < 1.29 is 0 Å². The van der Waals surface area contributed by atoms with Gasteiger partial charge in [-0.25, -0.2) is 4.68 Å². The third kappa shape index (κ3) is 2.95. The Morgan fingerprint density at radius 3 is 2.88 bits per heavy atom. The largest absolute Gasteiger partial charge is 0.330 e. The van der Waals surface area contributed by atoms with E-state index in [9.17, 15) is 0 Å². The summed E-state index contributed by atoms with van der Waals surface area (Å²) in [6.45, 7) is 0.772. The quantitative estimate of drug-likeness (QED) is 0.605. The Labute approximate surface area is 100 Å². The highest BCUT2D eigenvalue weighted by Crippen LogP contribution is 2.31. The summed E-state index contributed by atoms with van der Waals surface area (Å²) in [5.41, 5.74) is 5.46. The molecule has 0 aliphatic heterocycles. The standard InChI is InChI=1S/C10H19N5S/c11-7-3-4-8-16-10-12-13-14-15(10)9-5-1-2-6-9/h9H,1-8,11H2. The van der Waals surface area contributed by atoms with Crippen LogP contribution < -0.4 is 5.73 Å². The molecule has 1 aliphatic carbocycles. The van der Waals surface area contributed by atoms with Crippen molar-refractivity contribution in [2.75, 3.05) is 12.3 Å². The number of aromatic nitrogens is 4. The van der Waals surface area contributed by atoms with E-state index in [1.807, 2.05) is 4.68 Å². The van der Waals surface area contributed by atoms with Crippen LogP contribution in [0.25, 0.3) is 0 Å². The predicted octanol–water partition coefficient (Wildman–Crippen LogP) is 1.62. The second-order valence-electron chi connectivity index (χ2n) is 4.19. The number of hydrogen-bond donors (Lipinski definition) is 1. The first kappa shape index (κ1) is 11.9. The molecule has 1 aromatic rings. The zero-order valence-corrected chi connectivity index (χ0v) is 10.3. The maximum Gasteiger partial charge on any atom is 0.209 e. The Morgan fingerprint density at radius 2 is 2.12 bits per heavy atom. The highest BCUT2D eigenvalue weighted by atomic mass is 32.2. The van der Waals surface area contributed by atoms with E-state index in [4.69, 9.17) is 5.73 Å². The van der Waals surface area contributed by atoms with Crippen LogP contribution in [0.2, 0.25) is 0 Å². The van der Waals surface area contributed by atoms with E-state index >= 15 is 0 Å². The van der Waals surface area contributed by atoms with E-state index in [0.717, 1.165) is 30.3 Å². The zero-order chi connectivity index (χ0) is 11.2. The Morgan fingerprint density at radius 1 is 1.31 bits per heavy atom. The fraction of sp³-hybridized carbons (Fsp3) is 0.900. The van der Waals surface area contributed by atoms with Gasteiger partial charge in [0.2, 0.25) is 5.16 Å². The number of unbranched alkanes of at least 4 members (excludes halogenated alkanes) is 1. The van der Waals surface area contributed by atoms with Crippen molar-refractivity contribution in [1.29, 1.82) is 0 Å². The van der Waals surface area contributed by atoms with Gasteiger partial charge < -0.3 is 5.73 Å². The molecule has 5 nitrogen and oxygen atoms in total. The van der Waals surface area contributed by atoms with Crippen molar-refractivity contribution in [2.24, 2.45) is 5.73 Å². The molecule has 1 heterocycles. The number of rotatable bonds is 6. The highest BCUT2D eigenvalue weighted by Gasteiger charge is 2.21. The van der Waals surface area contributed by atoms with E-state index in [1.165, 1.54) is 25.7 Å². The Balaban J connectivity index is 1.86. The molecule has 16 heavy (non-hydrogen) atoms. The zero-order valence-electron chi connectivity index (χ0n) is 9.51. The van der Waals surface area contributed by atoms with Crippen molar-refractivity contribution in [3.05, 3.63) is 0 Å². The normalized spacial score (nSPS) is 17.1. The van der Waals surface area contributed by atoms with Crippen molar-refractivity contribution in [3.8, 4) is 0 Å². The maximum atomic E-state index is 5.46. The van der Waals surface area contributed by atoms with Crippen LogP contribution in [-0.4, -0.2) is 32.5 Å². The van der Waals surface area contributed by atoms with Gasteiger partial charge in [0.05, 0.1) is 6.04 Å². The number of nitrogens with two attached hydrogens (primary N) is 1. The minimum absolute atomic E-state index is 0.534. The minimum Gasteiger partial charge on any atom is -0.330 e. The Bertz CT molecular complexity index is 308. The second kappa shape index (κ2) is 6.20. The molecule has 1 saturated carbocycles. The van der Waals surface area contributed by atoms with E-state index < -0.39 is 0 Å². The molecule has 0 amide bonds. The molecule has 6 heteroatoms. The summed E-state index contributed by atoms with van der Waals surface area (Å²) in [7, 11) is 0. The lowest BCUT2D eigenvalue weighted by molar-refractivity contribution is 0.423. The van der Waals surface area contributed by atoms with E-state index in [0.29, 0.717) is 6.04 Å². The summed E-state index contributed by atoms with van der Waals surface area (Å²) in [5.74, 6) is 1.06. The molecule has 0 aromatic carbocycles. The number of hydrogen-bond acceptors (Lipinski definition) is 5. The molecular weight excluding hydrogens is 222 g/mol. The molecule has 0 radical (unpaired) electrons. The van der Waals surface area contributed by atoms with Gasteiger partial charge in [0.1, 0.15) is 0 Å². The van der Waals surface area contributed by atoms with Gasteiger partial charge in [0, 0.05) is 5.75 Å². The van der Waals surface area contributed by atoms with Gasteiger partial charge in [0.25, 0.3) is 0 Å².